The van der Waals surface area contributed by atoms with E-state index in [4.69, 9.17) is 0 Å². The fraction of sp³-hybridized carbons (Fsp3) is 0.435. The predicted molar refractivity (Wildman–Crippen MR) is 118 cm³/mol. The van der Waals surface area contributed by atoms with Gasteiger partial charge in [0.25, 0.3) is 5.91 Å². The van der Waals surface area contributed by atoms with Crippen molar-refractivity contribution in [2.24, 2.45) is 0 Å². The highest BCUT2D eigenvalue weighted by Crippen LogP contribution is 2.26. The van der Waals surface area contributed by atoms with E-state index in [0.717, 1.165) is 31.4 Å². The van der Waals surface area contributed by atoms with Crippen LogP contribution in [0, 0.1) is 0 Å². The van der Waals surface area contributed by atoms with Gasteiger partial charge in [-0.2, -0.15) is 4.31 Å². The van der Waals surface area contributed by atoms with Crippen molar-refractivity contribution in [1.29, 1.82) is 0 Å². The zero-order valence-electron chi connectivity index (χ0n) is 17.3. The van der Waals surface area contributed by atoms with Crippen molar-refractivity contribution in [2.45, 2.75) is 49.6 Å². The molecule has 2 aliphatic rings. The highest BCUT2D eigenvalue weighted by Gasteiger charge is 2.31. The van der Waals surface area contributed by atoms with Gasteiger partial charge in [0.2, 0.25) is 10.0 Å². The maximum atomic E-state index is 13.0. The fourth-order valence-corrected chi connectivity index (χ4v) is 6.05. The fourth-order valence-electron chi connectivity index (χ4n) is 4.35. The molecule has 1 N–H and O–H groups in total. The van der Waals surface area contributed by atoms with Crippen LogP contribution in [0.25, 0.3) is 0 Å². The molecule has 2 fully saturated rings. The van der Waals surface area contributed by atoms with Crippen LogP contribution in [0.15, 0.2) is 59.5 Å². The van der Waals surface area contributed by atoms with Crippen molar-refractivity contribution in [3.8, 4) is 0 Å². The minimum Gasteiger partial charge on any atom is -0.380 e. The second-order valence-corrected chi connectivity index (χ2v) is 10.1. The van der Waals surface area contributed by atoms with Gasteiger partial charge in [-0.1, -0.05) is 24.6 Å². The summed E-state index contributed by atoms with van der Waals surface area (Å²) in [5, 5.41) is 3.47. The largest absolute Gasteiger partial charge is 0.380 e. The van der Waals surface area contributed by atoms with Crippen molar-refractivity contribution >= 4 is 21.6 Å². The number of para-hydroxylation sites is 1. The Kier molecular flexibility index (Phi) is 6.11. The van der Waals surface area contributed by atoms with Gasteiger partial charge in [-0.3, -0.25) is 4.79 Å². The van der Waals surface area contributed by atoms with E-state index >= 15 is 0 Å². The van der Waals surface area contributed by atoms with Gasteiger partial charge < -0.3 is 10.2 Å². The Morgan fingerprint density at radius 2 is 1.70 bits per heavy atom. The van der Waals surface area contributed by atoms with E-state index in [2.05, 4.69) is 5.32 Å². The molecule has 6 nitrogen and oxygen atoms in total. The number of benzene rings is 2. The molecular weight excluding hydrogens is 398 g/mol. The maximum absolute atomic E-state index is 13.0. The number of anilines is 1. The SMILES string of the molecule is CC1CCCCN1S(=O)(=O)c1ccc(C(=O)N2CCC(Nc3ccccc3)C2)cc1. The van der Waals surface area contributed by atoms with Crippen LogP contribution < -0.4 is 5.32 Å². The molecular formula is C23H29N3O3S. The Bertz CT molecular complexity index is 977. The van der Waals surface area contributed by atoms with Crippen LogP contribution in [-0.2, 0) is 10.0 Å². The normalized spacial score (nSPS) is 22.8. The van der Waals surface area contributed by atoms with Crippen LogP contribution >= 0.6 is 0 Å². The van der Waals surface area contributed by atoms with E-state index in [1.807, 2.05) is 42.2 Å². The summed E-state index contributed by atoms with van der Waals surface area (Å²) in [7, 11) is -3.52. The molecule has 160 valence electrons. The first-order valence-electron chi connectivity index (χ1n) is 10.7. The lowest BCUT2D eigenvalue weighted by molar-refractivity contribution is 0.0791. The second kappa shape index (κ2) is 8.78. The molecule has 2 unspecified atom stereocenters. The highest BCUT2D eigenvalue weighted by molar-refractivity contribution is 7.89. The Balaban J connectivity index is 1.41. The van der Waals surface area contributed by atoms with Crippen LogP contribution in [-0.4, -0.2) is 55.2 Å². The van der Waals surface area contributed by atoms with Gasteiger partial charge in [0, 0.05) is 43.0 Å². The molecule has 2 aromatic carbocycles. The third kappa shape index (κ3) is 4.37. The summed E-state index contributed by atoms with van der Waals surface area (Å²) in [4.78, 5) is 15.0. The quantitative estimate of drug-likeness (QED) is 0.792. The van der Waals surface area contributed by atoms with E-state index < -0.39 is 10.0 Å². The summed E-state index contributed by atoms with van der Waals surface area (Å²) in [5.41, 5.74) is 1.58. The van der Waals surface area contributed by atoms with Gasteiger partial charge in [0.05, 0.1) is 4.90 Å². The van der Waals surface area contributed by atoms with E-state index in [1.165, 1.54) is 0 Å². The van der Waals surface area contributed by atoms with Crippen LogP contribution in [0.4, 0.5) is 5.69 Å². The predicted octanol–water partition coefficient (Wildman–Crippen LogP) is 3.58. The number of nitrogens with one attached hydrogen (secondary N) is 1. The number of hydrogen-bond donors (Lipinski definition) is 1. The molecule has 2 saturated heterocycles. The Morgan fingerprint density at radius 3 is 2.40 bits per heavy atom. The minimum absolute atomic E-state index is 0.0173. The van der Waals surface area contributed by atoms with Crippen molar-refractivity contribution < 1.29 is 13.2 Å². The molecule has 30 heavy (non-hydrogen) atoms. The van der Waals surface area contributed by atoms with Crippen molar-refractivity contribution in [3.05, 3.63) is 60.2 Å². The number of hydrogen-bond acceptors (Lipinski definition) is 4. The zero-order chi connectivity index (χ0) is 21.1. The van der Waals surface area contributed by atoms with Gasteiger partial charge in [-0.25, -0.2) is 8.42 Å². The highest BCUT2D eigenvalue weighted by atomic mass is 32.2. The summed E-state index contributed by atoms with van der Waals surface area (Å²) in [6.45, 7) is 3.85. The molecule has 0 radical (unpaired) electrons. The number of likely N-dealkylation sites (tertiary alicyclic amines) is 1. The molecule has 2 heterocycles. The first kappa shape index (κ1) is 20.9. The zero-order valence-corrected chi connectivity index (χ0v) is 18.1. The Labute approximate surface area is 178 Å². The number of rotatable bonds is 5. The van der Waals surface area contributed by atoms with Crippen molar-refractivity contribution in [3.63, 3.8) is 0 Å². The number of nitrogens with zero attached hydrogens (tertiary/aromatic N) is 2. The van der Waals surface area contributed by atoms with Crippen LogP contribution in [0.1, 0.15) is 43.0 Å². The smallest absolute Gasteiger partial charge is 0.253 e. The monoisotopic (exact) mass is 427 g/mol. The number of carbonyl (C=O) groups excluding carboxylic acids is 1. The molecule has 7 heteroatoms. The van der Waals surface area contributed by atoms with Crippen molar-refractivity contribution in [1.82, 2.24) is 9.21 Å². The second-order valence-electron chi connectivity index (χ2n) is 8.23. The van der Waals surface area contributed by atoms with Gasteiger partial charge >= 0.3 is 0 Å². The van der Waals surface area contributed by atoms with Gasteiger partial charge in [0.1, 0.15) is 0 Å². The van der Waals surface area contributed by atoms with Crippen LogP contribution in [0.3, 0.4) is 0 Å². The lowest BCUT2D eigenvalue weighted by Gasteiger charge is -2.32. The van der Waals surface area contributed by atoms with Gasteiger partial charge in [-0.05, 0) is 62.6 Å². The topological polar surface area (TPSA) is 69.7 Å². The third-order valence-electron chi connectivity index (χ3n) is 6.07. The lowest BCUT2D eigenvalue weighted by atomic mass is 10.1. The lowest BCUT2D eigenvalue weighted by Crippen LogP contribution is -2.41. The number of carbonyl (C=O) groups is 1. The minimum atomic E-state index is -3.52. The standard InChI is InChI=1S/C23H29N3O3S/c1-18-7-5-6-15-26(18)30(28,29)22-12-10-19(11-13-22)23(27)25-16-14-21(17-25)24-20-8-3-2-4-9-20/h2-4,8-13,18,21,24H,5-7,14-17H2,1H3. The average Bonchev–Trinajstić information content (AvgIpc) is 3.22. The summed E-state index contributed by atoms with van der Waals surface area (Å²) in [6.07, 6.45) is 3.74. The molecule has 2 aliphatic heterocycles. The Morgan fingerprint density at radius 1 is 0.967 bits per heavy atom. The summed E-state index contributed by atoms with van der Waals surface area (Å²) in [5.74, 6) is -0.0531. The molecule has 4 rings (SSSR count). The third-order valence-corrected chi connectivity index (χ3v) is 8.10. The Hall–Kier alpha value is -2.38. The average molecular weight is 428 g/mol. The molecule has 2 aromatic rings. The molecule has 2 atom stereocenters. The van der Waals surface area contributed by atoms with Gasteiger partial charge in [-0.15, -0.1) is 0 Å². The number of amides is 1. The van der Waals surface area contributed by atoms with E-state index in [1.54, 1.807) is 28.6 Å². The molecule has 0 spiro atoms. The van der Waals surface area contributed by atoms with Crippen LogP contribution in [0.2, 0.25) is 0 Å². The van der Waals surface area contributed by atoms with Gasteiger partial charge in [0.15, 0.2) is 0 Å². The molecule has 0 aliphatic carbocycles. The molecule has 0 aromatic heterocycles. The number of sulfonamides is 1. The van der Waals surface area contributed by atoms with Crippen molar-refractivity contribution in [2.75, 3.05) is 25.0 Å². The molecule has 0 bridgehead atoms. The number of piperidine rings is 1. The van der Waals surface area contributed by atoms with E-state index in [9.17, 15) is 13.2 Å². The maximum Gasteiger partial charge on any atom is 0.253 e. The first-order chi connectivity index (χ1) is 14.4. The summed E-state index contributed by atoms with van der Waals surface area (Å²) >= 11 is 0. The summed E-state index contributed by atoms with van der Waals surface area (Å²) < 4.78 is 27.5. The van der Waals surface area contributed by atoms with E-state index in [-0.39, 0.29) is 22.9 Å². The summed E-state index contributed by atoms with van der Waals surface area (Å²) in [6, 6.07) is 16.6. The van der Waals surface area contributed by atoms with Crippen LogP contribution in [0.5, 0.6) is 0 Å². The first-order valence-corrected chi connectivity index (χ1v) is 12.1. The molecule has 0 saturated carbocycles. The van der Waals surface area contributed by atoms with E-state index in [0.29, 0.717) is 25.2 Å². The molecule has 1 amide bonds.